The third-order valence-corrected chi connectivity index (χ3v) is 2.92. The van der Waals surface area contributed by atoms with E-state index in [4.69, 9.17) is 0 Å². The second-order valence-corrected chi connectivity index (χ2v) is 4.27. The number of carbonyl (C=O) groups is 1. The van der Waals surface area contributed by atoms with Crippen molar-refractivity contribution in [2.75, 3.05) is 0 Å². The van der Waals surface area contributed by atoms with E-state index < -0.39 is 17.8 Å². The van der Waals surface area contributed by atoms with E-state index in [1.54, 1.807) is 0 Å². The van der Waals surface area contributed by atoms with Gasteiger partial charge in [-0.2, -0.15) is 0 Å². The van der Waals surface area contributed by atoms with Crippen LogP contribution in [0.1, 0.15) is 39.5 Å². The van der Waals surface area contributed by atoms with Gasteiger partial charge in [-0.05, 0) is 19.4 Å². The van der Waals surface area contributed by atoms with Crippen LogP contribution >= 0.6 is 0 Å². The molecular formula is C12H18F2O. The van der Waals surface area contributed by atoms with Crippen molar-refractivity contribution >= 4 is 5.78 Å². The van der Waals surface area contributed by atoms with Crippen LogP contribution in [0.4, 0.5) is 8.78 Å². The molecular weight excluding hydrogens is 198 g/mol. The fourth-order valence-electron chi connectivity index (χ4n) is 1.90. The van der Waals surface area contributed by atoms with E-state index in [0.717, 1.165) is 19.3 Å². The van der Waals surface area contributed by atoms with E-state index in [1.165, 1.54) is 19.1 Å². The number of ketones is 1. The Bertz CT molecular complexity index is 258. The highest BCUT2D eigenvalue weighted by atomic mass is 19.3. The Balaban J connectivity index is 2.37. The van der Waals surface area contributed by atoms with E-state index in [-0.39, 0.29) is 5.78 Å². The van der Waals surface area contributed by atoms with E-state index in [0.29, 0.717) is 6.42 Å². The summed E-state index contributed by atoms with van der Waals surface area (Å²) in [6, 6.07) is 0. The molecule has 15 heavy (non-hydrogen) atoms. The summed E-state index contributed by atoms with van der Waals surface area (Å²) in [6.45, 7) is 3.43. The maximum Gasteiger partial charge on any atom is 0.258 e. The summed E-state index contributed by atoms with van der Waals surface area (Å²) in [5.41, 5.74) is 0. The van der Waals surface area contributed by atoms with Crippen molar-refractivity contribution < 1.29 is 13.6 Å². The Labute approximate surface area is 89.6 Å². The molecule has 0 heterocycles. The Morgan fingerprint density at radius 2 is 2.07 bits per heavy atom. The van der Waals surface area contributed by atoms with Crippen LogP contribution in [0.5, 0.6) is 0 Å². The summed E-state index contributed by atoms with van der Waals surface area (Å²) < 4.78 is 26.4. The standard InChI is InChI=1S/C12H18F2O/c1-3-4-5-6-10-11(12(10,13)14)8-7-9(2)15/h7-8,10-11H,3-6H2,1-2H3/b8-7+/t10?,11-/m1/s1. The summed E-state index contributed by atoms with van der Waals surface area (Å²) in [7, 11) is 0. The van der Waals surface area contributed by atoms with Crippen LogP contribution < -0.4 is 0 Å². The Hall–Kier alpha value is -0.730. The zero-order chi connectivity index (χ0) is 11.5. The average Bonchev–Trinajstić information content (AvgIpc) is 2.65. The number of rotatable bonds is 6. The van der Waals surface area contributed by atoms with Crippen LogP contribution in [-0.2, 0) is 4.79 Å². The van der Waals surface area contributed by atoms with Crippen molar-refractivity contribution in [3.8, 4) is 0 Å². The van der Waals surface area contributed by atoms with E-state index in [9.17, 15) is 13.6 Å². The molecule has 0 aliphatic heterocycles. The minimum atomic E-state index is -2.57. The summed E-state index contributed by atoms with van der Waals surface area (Å²) >= 11 is 0. The number of allylic oxidation sites excluding steroid dienone is 2. The largest absolute Gasteiger partial charge is 0.295 e. The normalized spacial score (nSPS) is 28.3. The fraction of sp³-hybridized carbons (Fsp3) is 0.750. The van der Waals surface area contributed by atoms with E-state index in [2.05, 4.69) is 6.92 Å². The first-order valence-electron chi connectivity index (χ1n) is 5.56. The SMILES string of the molecule is CCCCCC1[C@@H](/C=C/C(C)=O)C1(F)F. The van der Waals surface area contributed by atoms with Crippen molar-refractivity contribution in [3.05, 3.63) is 12.2 Å². The van der Waals surface area contributed by atoms with Gasteiger partial charge in [0.15, 0.2) is 5.78 Å². The molecule has 0 saturated heterocycles. The first-order chi connectivity index (χ1) is 7.00. The highest BCUT2D eigenvalue weighted by molar-refractivity contribution is 5.87. The first-order valence-corrected chi connectivity index (χ1v) is 5.56. The van der Waals surface area contributed by atoms with Gasteiger partial charge in [0.25, 0.3) is 5.92 Å². The Morgan fingerprint density at radius 1 is 1.40 bits per heavy atom. The van der Waals surface area contributed by atoms with Crippen molar-refractivity contribution in [1.82, 2.24) is 0 Å². The van der Waals surface area contributed by atoms with Crippen molar-refractivity contribution in [1.29, 1.82) is 0 Å². The monoisotopic (exact) mass is 216 g/mol. The molecule has 1 unspecified atom stereocenters. The summed E-state index contributed by atoms with van der Waals surface area (Å²) in [4.78, 5) is 10.6. The highest BCUT2D eigenvalue weighted by Gasteiger charge is 2.65. The Kier molecular flexibility index (Phi) is 4.00. The van der Waals surface area contributed by atoms with Gasteiger partial charge in [-0.15, -0.1) is 0 Å². The van der Waals surface area contributed by atoms with Gasteiger partial charge >= 0.3 is 0 Å². The lowest BCUT2D eigenvalue weighted by molar-refractivity contribution is -0.112. The number of hydrogen-bond acceptors (Lipinski definition) is 1. The van der Waals surface area contributed by atoms with Crippen LogP contribution in [0.2, 0.25) is 0 Å². The van der Waals surface area contributed by atoms with Gasteiger partial charge in [0.1, 0.15) is 0 Å². The predicted molar refractivity (Wildman–Crippen MR) is 55.9 cm³/mol. The summed E-state index contributed by atoms with van der Waals surface area (Å²) in [6.07, 6.45) is 6.13. The zero-order valence-electron chi connectivity index (χ0n) is 9.30. The molecule has 0 radical (unpaired) electrons. The summed E-state index contributed by atoms with van der Waals surface area (Å²) in [5.74, 6) is -3.96. The molecule has 1 nitrogen and oxygen atoms in total. The van der Waals surface area contributed by atoms with Crippen molar-refractivity contribution in [2.45, 2.75) is 45.5 Å². The molecule has 0 amide bonds. The molecule has 86 valence electrons. The van der Waals surface area contributed by atoms with Gasteiger partial charge < -0.3 is 0 Å². The third kappa shape index (κ3) is 3.11. The lowest BCUT2D eigenvalue weighted by Gasteiger charge is -1.95. The minimum absolute atomic E-state index is 0.162. The maximum absolute atomic E-state index is 13.2. The van der Waals surface area contributed by atoms with Gasteiger partial charge in [0, 0.05) is 5.92 Å². The quantitative estimate of drug-likeness (QED) is 0.490. The van der Waals surface area contributed by atoms with Gasteiger partial charge in [-0.1, -0.05) is 32.3 Å². The highest BCUT2D eigenvalue weighted by Crippen LogP contribution is 2.58. The lowest BCUT2D eigenvalue weighted by Crippen LogP contribution is -1.94. The van der Waals surface area contributed by atoms with Crippen LogP contribution in [-0.4, -0.2) is 11.7 Å². The number of unbranched alkanes of at least 4 members (excludes halogenated alkanes) is 2. The van der Waals surface area contributed by atoms with Crippen LogP contribution in [0.3, 0.4) is 0 Å². The third-order valence-electron chi connectivity index (χ3n) is 2.92. The van der Waals surface area contributed by atoms with Crippen molar-refractivity contribution in [3.63, 3.8) is 0 Å². The van der Waals surface area contributed by atoms with E-state index in [1.807, 2.05) is 0 Å². The zero-order valence-corrected chi connectivity index (χ0v) is 9.30. The molecule has 0 aromatic carbocycles. The maximum atomic E-state index is 13.2. The minimum Gasteiger partial charge on any atom is -0.295 e. The summed E-state index contributed by atoms with van der Waals surface area (Å²) in [5, 5.41) is 0. The van der Waals surface area contributed by atoms with Crippen molar-refractivity contribution in [2.24, 2.45) is 11.8 Å². The van der Waals surface area contributed by atoms with Crippen LogP contribution in [0.15, 0.2) is 12.2 Å². The second-order valence-electron chi connectivity index (χ2n) is 4.27. The van der Waals surface area contributed by atoms with Gasteiger partial charge in [-0.25, -0.2) is 8.78 Å². The second kappa shape index (κ2) is 4.86. The number of hydrogen-bond donors (Lipinski definition) is 0. The molecule has 0 spiro atoms. The first kappa shape index (κ1) is 12.3. The topological polar surface area (TPSA) is 17.1 Å². The molecule has 2 atom stereocenters. The molecule has 1 aliphatic rings. The van der Waals surface area contributed by atoms with Gasteiger partial charge in [0.05, 0.1) is 5.92 Å². The Morgan fingerprint density at radius 3 is 2.60 bits per heavy atom. The molecule has 1 saturated carbocycles. The molecule has 1 rings (SSSR count). The smallest absolute Gasteiger partial charge is 0.258 e. The van der Waals surface area contributed by atoms with E-state index >= 15 is 0 Å². The number of halogens is 2. The van der Waals surface area contributed by atoms with Crippen LogP contribution in [0.25, 0.3) is 0 Å². The molecule has 0 aromatic rings. The number of carbonyl (C=O) groups excluding carboxylic acids is 1. The van der Waals surface area contributed by atoms with Gasteiger partial charge in [0.2, 0.25) is 0 Å². The molecule has 0 bridgehead atoms. The lowest BCUT2D eigenvalue weighted by atomic mass is 10.1. The molecule has 1 aliphatic carbocycles. The molecule has 0 aromatic heterocycles. The van der Waals surface area contributed by atoms with Gasteiger partial charge in [-0.3, -0.25) is 4.79 Å². The average molecular weight is 216 g/mol. The predicted octanol–water partition coefficient (Wildman–Crippen LogP) is 3.59. The molecule has 0 N–H and O–H groups in total. The molecule has 3 heteroatoms. The number of alkyl halides is 2. The molecule has 1 fully saturated rings. The fourth-order valence-corrected chi connectivity index (χ4v) is 1.90. The van der Waals surface area contributed by atoms with Crippen LogP contribution in [0, 0.1) is 11.8 Å².